The van der Waals surface area contributed by atoms with Gasteiger partial charge in [0.1, 0.15) is 0 Å². The number of amides is 3. The van der Waals surface area contributed by atoms with Crippen LogP contribution in [0.1, 0.15) is 51.3 Å². The minimum Gasteiger partial charge on any atom is -0.387 e. The van der Waals surface area contributed by atoms with Gasteiger partial charge in [0.2, 0.25) is 5.91 Å². The lowest BCUT2D eigenvalue weighted by Crippen LogP contribution is -2.48. The third-order valence-corrected chi connectivity index (χ3v) is 6.06. The van der Waals surface area contributed by atoms with Gasteiger partial charge in [-0.3, -0.25) is 4.79 Å². The molecule has 2 aromatic rings. The first-order valence-corrected chi connectivity index (χ1v) is 11.5. The van der Waals surface area contributed by atoms with Crippen LogP contribution in [0, 0.1) is 0 Å². The Kier molecular flexibility index (Phi) is 9.55. The Bertz CT molecular complexity index is 961. The maximum atomic E-state index is 13.0. The van der Waals surface area contributed by atoms with E-state index in [-0.39, 0.29) is 24.5 Å². The van der Waals surface area contributed by atoms with Crippen LogP contribution in [0.2, 0.25) is 10.0 Å². The molecule has 2 atom stereocenters. The third-order valence-electron chi connectivity index (χ3n) is 5.33. The van der Waals surface area contributed by atoms with Crippen LogP contribution in [0.5, 0.6) is 0 Å². The number of carbonyl (C=O) groups is 2. The first kappa shape index (κ1) is 26.9. The molecule has 0 fully saturated rings. The molecular formula is C24H32Cl2N4O3. The second-order valence-electron chi connectivity index (χ2n) is 8.63. The van der Waals surface area contributed by atoms with E-state index in [9.17, 15) is 14.7 Å². The van der Waals surface area contributed by atoms with E-state index in [1.165, 1.54) is 0 Å². The number of rotatable bonds is 9. The molecule has 0 radical (unpaired) electrons. The Hall–Kier alpha value is -2.32. The van der Waals surface area contributed by atoms with Gasteiger partial charge in [-0.05, 0) is 62.6 Å². The maximum Gasteiger partial charge on any atom is 0.322 e. The van der Waals surface area contributed by atoms with Crippen molar-refractivity contribution < 1.29 is 14.7 Å². The highest BCUT2D eigenvalue weighted by Gasteiger charge is 2.24. The van der Waals surface area contributed by atoms with Crippen molar-refractivity contribution in [2.75, 3.05) is 11.9 Å². The van der Waals surface area contributed by atoms with Gasteiger partial charge in [0.15, 0.2) is 0 Å². The zero-order valence-electron chi connectivity index (χ0n) is 19.4. The van der Waals surface area contributed by atoms with Crippen LogP contribution in [0.4, 0.5) is 10.5 Å². The largest absolute Gasteiger partial charge is 0.387 e. The average Bonchev–Trinajstić information content (AvgIpc) is 2.77. The SMILES string of the molecule is CC[C@@H](C)N(C[C@@H](O)c1ccc(Cl)c(Cl)c1)C(=O)Nc1ccc(CNC(=O)C(C)(C)N)cc1. The number of benzene rings is 2. The molecule has 0 aliphatic carbocycles. The number of aliphatic hydroxyl groups is 1. The zero-order valence-corrected chi connectivity index (χ0v) is 20.9. The van der Waals surface area contributed by atoms with Gasteiger partial charge in [-0.1, -0.05) is 48.3 Å². The van der Waals surface area contributed by atoms with Crippen molar-refractivity contribution in [3.63, 3.8) is 0 Å². The molecule has 0 aliphatic rings. The summed E-state index contributed by atoms with van der Waals surface area (Å²) in [5.74, 6) is -0.246. The number of urea groups is 1. The van der Waals surface area contributed by atoms with Gasteiger partial charge in [0.05, 0.1) is 28.2 Å². The van der Waals surface area contributed by atoms with E-state index in [0.717, 1.165) is 12.0 Å². The molecule has 0 aromatic heterocycles. The van der Waals surface area contributed by atoms with Gasteiger partial charge in [0.25, 0.3) is 0 Å². The normalized spacial score (nSPS) is 13.2. The smallest absolute Gasteiger partial charge is 0.322 e. The van der Waals surface area contributed by atoms with Crippen LogP contribution in [0.3, 0.4) is 0 Å². The fraction of sp³-hybridized carbons (Fsp3) is 0.417. The van der Waals surface area contributed by atoms with Crippen LogP contribution in [-0.4, -0.2) is 40.1 Å². The summed E-state index contributed by atoms with van der Waals surface area (Å²) in [6.07, 6.45) is -0.199. The molecule has 0 heterocycles. The fourth-order valence-corrected chi connectivity index (χ4v) is 3.31. The van der Waals surface area contributed by atoms with Crippen molar-refractivity contribution in [2.45, 2.75) is 58.3 Å². The molecule has 9 heteroatoms. The van der Waals surface area contributed by atoms with E-state index in [2.05, 4.69) is 10.6 Å². The number of halogens is 2. The summed E-state index contributed by atoms with van der Waals surface area (Å²) in [5.41, 5.74) is 6.89. The van der Waals surface area contributed by atoms with Crippen molar-refractivity contribution in [3.8, 4) is 0 Å². The van der Waals surface area contributed by atoms with E-state index in [1.807, 2.05) is 26.0 Å². The van der Waals surface area contributed by atoms with Gasteiger partial charge in [-0.25, -0.2) is 4.79 Å². The first-order chi connectivity index (χ1) is 15.4. The topological polar surface area (TPSA) is 108 Å². The zero-order chi connectivity index (χ0) is 24.8. The minimum absolute atomic E-state index is 0.0950. The molecule has 0 bridgehead atoms. The van der Waals surface area contributed by atoms with Gasteiger partial charge >= 0.3 is 6.03 Å². The molecule has 3 amide bonds. The molecule has 7 nitrogen and oxygen atoms in total. The summed E-state index contributed by atoms with van der Waals surface area (Å²) in [7, 11) is 0. The van der Waals surface area contributed by atoms with Gasteiger partial charge in [-0.15, -0.1) is 0 Å². The highest BCUT2D eigenvalue weighted by molar-refractivity contribution is 6.42. The van der Waals surface area contributed by atoms with E-state index in [0.29, 0.717) is 27.8 Å². The van der Waals surface area contributed by atoms with Crippen molar-refractivity contribution >= 4 is 40.8 Å². The Morgan fingerprint density at radius 1 is 1.12 bits per heavy atom. The number of aliphatic hydroxyl groups excluding tert-OH is 1. The highest BCUT2D eigenvalue weighted by Crippen LogP contribution is 2.26. The quantitative estimate of drug-likeness (QED) is 0.404. The predicted molar refractivity (Wildman–Crippen MR) is 133 cm³/mol. The van der Waals surface area contributed by atoms with E-state index >= 15 is 0 Å². The number of hydrogen-bond donors (Lipinski definition) is 4. The standard InChI is InChI=1S/C24H32Cl2N4O3/c1-5-15(2)30(14-21(31)17-8-11-19(25)20(26)12-17)23(33)29-18-9-6-16(7-10-18)13-28-22(32)24(3,4)27/h6-12,15,21,31H,5,13-14,27H2,1-4H3,(H,28,32)(H,29,33)/t15-,21-/m1/s1. The molecular weight excluding hydrogens is 463 g/mol. The van der Waals surface area contributed by atoms with Gasteiger partial charge < -0.3 is 26.4 Å². The Labute approximate surface area is 205 Å². The average molecular weight is 495 g/mol. The Balaban J connectivity index is 2.04. The number of anilines is 1. The van der Waals surface area contributed by atoms with Crippen LogP contribution in [0.15, 0.2) is 42.5 Å². The first-order valence-electron chi connectivity index (χ1n) is 10.8. The minimum atomic E-state index is -0.949. The summed E-state index contributed by atoms with van der Waals surface area (Å²) >= 11 is 12.0. The highest BCUT2D eigenvalue weighted by atomic mass is 35.5. The third kappa shape index (κ3) is 7.89. The molecule has 0 unspecified atom stereocenters. The number of nitrogens with one attached hydrogen (secondary N) is 2. The summed E-state index contributed by atoms with van der Waals surface area (Å²) in [6.45, 7) is 7.61. The predicted octanol–water partition coefficient (Wildman–Crippen LogP) is 4.71. The Morgan fingerprint density at radius 3 is 2.30 bits per heavy atom. The molecule has 0 spiro atoms. The van der Waals surface area contributed by atoms with Crippen molar-refractivity contribution in [2.24, 2.45) is 5.73 Å². The van der Waals surface area contributed by atoms with Crippen LogP contribution >= 0.6 is 23.2 Å². The second-order valence-corrected chi connectivity index (χ2v) is 9.44. The van der Waals surface area contributed by atoms with E-state index < -0.39 is 11.6 Å². The lowest BCUT2D eigenvalue weighted by molar-refractivity contribution is -0.125. The van der Waals surface area contributed by atoms with Crippen LogP contribution < -0.4 is 16.4 Å². The molecule has 2 aromatic carbocycles. The van der Waals surface area contributed by atoms with Crippen molar-refractivity contribution in [3.05, 3.63) is 63.6 Å². The molecule has 0 saturated heterocycles. The molecule has 2 rings (SSSR count). The monoisotopic (exact) mass is 494 g/mol. The lowest BCUT2D eigenvalue weighted by atomic mass is 10.1. The Morgan fingerprint density at radius 2 is 1.76 bits per heavy atom. The molecule has 33 heavy (non-hydrogen) atoms. The number of nitrogens with zero attached hydrogens (tertiary/aromatic N) is 1. The van der Waals surface area contributed by atoms with Crippen LogP contribution in [-0.2, 0) is 11.3 Å². The molecule has 0 aliphatic heterocycles. The summed E-state index contributed by atoms with van der Waals surface area (Å²) in [4.78, 5) is 26.5. The fourth-order valence-electron chi connectivity index (χ4n) is 3.01. The number of nitrogens with two attached hydrogens (primary N) is 1. The van der Waals surface area contributed by atoms with E-state index in [4.69, 9.17) is 28.9 Å². The van der Waals surface area contributed by atoms with E-state index in [1.54, 1.807) is 49.1 Å². The molecule has 5 N–H and O–H groups in total. The molecule has 180 valence electrons. The molecule has 0 saturated carbocycles. The summed E-state index contributed by atoms with van der Waals surface area (Å²) in [5, 5.41) is 17.1. The summed E-state index contributed by atoms with van der Waals surface area (Å²) in [6, 6.07) is 11.6. The maximum absolute atomic E-state index is 13.0. The number of carbonyl (C=O) groups excluding carboxylic acids is 2. The van der Waals surface area contributed by atoms with Gasteiger partial charge in [0, 0.05) is 18.3 Å². The van der Waals surface area contributed by atoms with Crippen molar-refractivity contribution in [1.82, 2.24) is 10.2 Å². The second kappa shape index (κ2) is 11.7. The summed E-state index contributed by atoms with van der Waals surface area (Å²) < 4.78 is 0. The van der Waals surface area contributed by atoms with Crippen LogP contribution in [0.25, 0.3) is 0 Å². The van der Waals surface area contributed by atoms with Gasteiger partial charge in [-0.2, -0.15) is 0 Å². The van der Waals surface area contributed by atoms with Crippen molar-refractivity contribution in [1.29, 1.82) is 0 Å². The lowest BCUT2D eigenvalue weighted by Gasteiger charge is -2.31. The number of hydrogen-bond acceptors (Lipinski definition) is 4.